The fraction of sp³-hybridized carbons (Fsp3) is 0.538. The molecule has 1 aromatic rings. The van der Waals surface area contributed by atoms with Crippen LogP contribution in [0.25, 0.3) is 0 Å². The van der Waals surface area contributed by atoms with Gasteiger partial charge in [-0.25, -0.2) is 0 Å². The third kappa shape index (κ3) is 2.57. The Morgan fingerprint density at radius 1 is 1.50 bits per heavy atom. The third-order valence-electron chi connectivity index (χ3n) is 3.26. The number of nitrogens with one attached hydrogen (secondary N) is 1. The highest BCUT2D eigenvalue weighted by Crippen LogP contribution is 2.34. The van der Waals surface area contributed by atoms with Crippen LogP contribution < -0.4 is 5.32 Å². The molecule has 2 atom stereocenters. The molecule has 0 spiro atoms. The van der Waals surface area contributed by atoms with Crippen LogP contribution >= 0.6 is 11.6 Å². The van der Waals surface area contributed by atoms with Crippen molar-refractivity contribution < 1.29 is 4.74 Å². The molecule has 0 aromatic heterocycles. The van der Waals surface area contributed by atoms with Crippen molar-refractivity contribution in [2.45, 2.75) is 12.3 Å². The first-order valence-electron chi connectivity index (χ1n) is 5.79. The molecule has 0 aliphatic carbocycles. The Morgan fingerprint density at radius 2 is 2.31 bits per heavy atom. The van der Waals surface area contributed by atoms with Crippen molar-refractivity contribution in [1.82, 2.24) is 5.32 Å². The van der Waals surface area contributed by atoms with E-state index in [0.29, 0.717) is 11.8 Å². The number of rotatable bonds is 4. The first-order chi connectivity index (χ1) is 7.83. The van der Waals surface area contributed by atoms with Crippen LogP contribution in [-0.2, 0) is 4.74 Å². The topological polar surface area (TPSA) is 21.3 Å². The van der Waals surface area contributed by atoms with Gasteiger partial charge in [0.25, 0.3) is 0 Å². The summed E-state index contributed by atoms with van der Waals surface area (Å²) in [6.07, 6.45) is 1.14. The maximum Gasteiger partial charge on any atom is 0.0501 e. The monoisotopic (exact) mass is 239 g/mol. The first kappa shape index (κ1) is 11.9. The zero-order chi connectivity index (χ0) is 11.4. The molecular weight excluding hydrogens is 222 g/mol. The van der Waals surface area contributed by atoms with Crippen LogP contribution in [0, 0.1) is 5.92 Å². The average molecular weight is 240 g/mol. The van der Waals surface area contributed by atoms with Gasteiger partial charge in [-0.15, -0.1) is 0 Å². The SMILES string of the molecule is CNCC(c1ccccc1Cl)C1CCOC1. The van der Waals surface area contributed by atoms with Crippen molar-refractivity contribution >= 4 is 11.6 Å². The van der Waals surface area contributed by atoms with Gasteiger partial charge >= 0.3 is 0 Å². The molecule has 2 nitrogen and oxygen atoms in total. The van der Waals surface area contributed by atoms with Crippen LogP contribution in [0.1, 0.15) is 17.9 Å². The Bertz CT molecular complexity index is 336. The van der Waals surface area contributed by atoms with Crippen molar-refractivity contribution in [2.75, 3.05) is 26.8 Å². The Kier molecular flexibility index (Phi) is 4.22. The summed E-state index contributed by atoms with van der Waals surface area (Å²) in [6.45, 7) is 2.70. The van der Waals surface area contributed by atoms with Crippen molar-refractivity contribution in [2.24, 2.45) is 5.92 Å². The van der Waals surface area contributed by atoms with Crippen LogP contribution in [0.3, 0.4) is 0 Å². The van der Waals surface area contributed by atoms with E-state index >= 15 is 0 Å². The predicted molar refractivity (Wildman–Crippen MR) is 67.0 cm³/mol. The summed E-state index contributed by atoms with van der Waals surface area (Å²) >= 11 is 6.26. The molecule has 2 unspecified atom stereocenters. The molecule has 1 heterocycles. The lowest BCUT2D eigenvalue weighted by molar-refractivity contribution is 0.180. The Hall–Kier alpha value is -0.570. The van der Waals surface area contributed by atoms with E-state index in [4.69, 9.17) is 16.3 Å². The molecule has 0 bridgehead atoms. The number of likely N-dealkylation sites (N-methyl/N-ethyl adjacent to an activating group) is 1. The minimum absolute atomic E-state index is 0.459. The van der Waals surface area contributed by atoms with Crippen molar-refractivity contribution in [3.05, 3.63) is 34.9 Å². The maximum absolute atomic E-state index is 6.26. The van der Waals surface area contributed by atoms with Crippen molar-refractivity contribution in [3.8, 4) is 0 Å². The van der Waals surface area contributed by atoms with Crippen LogP contribution in [0.5, 0.6) is 0 Å². The normalized spacial score (nSPS) is 22.2. The summed E-state index contributed by atoms with van der Waals surface area (Å²) in [5, 5.41) is 4.13. The molecule has 1 aliphatic rings. The maximum atomic E-state index is 6.26. The molecule has 16 heavy (non-hydrogen) atoms. The van der Waals surface area contributed by atoms with Crippen LogP contribution in [-0.4, -0.2) is 26.8 Å². The number of hydrogen-bond acceptors (Lipinski definition) is 2. The lowest BCUT2D eigenvalue weighted by atomic mass is 9.85. The minimum Gasteiger partial charge on any atom is -0.381 e. The zero-order valence-corrected chi connectivity index (χ0v) is 10.3. The van der Waals surface area contributed by atoms with E-state index < -0.39 is 0 Å². The van der Waals surface area contributed by atoms with Crippen molar-refractivity contribution in [3.63, 3.8) is 0 Å². The molecule has 1 fully saturated rings. The largest absolute Gasteiger partial charge is 0.381 e. The molecule has 1 aliphatic heterocycles. The summed E-state index contributed by atoms with van der Waals surface area (Å²) in [7, 11) is 1.99. The summed E-state index contributed by atoms with van der Waals surface area (Å²) in [5.74, 6) is 1.05. The van der Waals surface area contributed by atoms with Gasteiger partial charge in [0, 0.05) is 24.1 Å². The fourth-order valence-electron chi connectivity index (χ4n) is 2.40. The summed E-state index contributed by atoms with van der Waals surface area (Å²) in [4.78, 5) is 0. The van der Waals surface area contributed by atoms with E-state index in [-0.39, 0.29) is 0 Å². The molecule has 1 aromatic carbocycles. The van der Waals surface area contributed by atoms with E-state index in [1.54, 1.807) is 0 Å². The second-order valence-corrected chi connectivity index (χ2v) is 4.72. The van der Waals surface area contributed by atoms with E-state index in [9.17, 15) is 0 Å². The molecule has 0 amide bonds. The highest BCUT2D eigenvalue weighted by atomic mass is 35.5. The zero-order valence-electron chi connectivity index (χ0n) is 9.58. The van der Waals surface area contributed by atoms with Crippen molar-refractivity contribution in [1.29, 1.82) is 0 Å². The second kappa shape index (κ2) is 5.67. The van der Waals surface area contributed by atoms with Gasteiger partial charge in [-0.1, -0.05) is 29.8 Å². The van der Waals surface area contributed by atoms with E-state index in [1.807, 2.05) is 19.2 Å². The van der Waals surface area contributed by atoms with E-state index in [0.717, 1.165) is 31.2 Å². The van der Waals surface area contributed by atoms with Gasteiger partial charge in [-0.3, -0.25) is 0 Å². The minimum atomic E-state index is 0.459. The highest BCUT2D eigenvalue weighted by Gasteiger charge is 2.27. The Morgan fingerprint density at radius 3 is 2.94 bits per heavy atom. The van der Waals surface area contributed by atoms with Gasteiger partial charge < -0.3 is 10.1 Å². The number of hydrogen-bond donors (Lipinski definition) is 1. The fourth-order valence-corrected chi connectivity index (χ4v) is 2.67. The van der Waals surface area contributed by atoms with Gasteiger partial charge in [0.15, 0.2) is 0 Å². The van der Waals surface area contributed by atoms with Crippen LogP contribution in [0.2, 0.25) is 5.02 Å². The quantitative estimate of drug-likeness (QED) is 0.873. The lowest BCUT2D eigenvalue weighted by Gasteiger charge is -2.23. The summed E-state index contributed by atoms with van der Waals surface area (Å²) < 4.78 is 5.47. The van der Waals surface area contributed by atoms with Gasteiger partial charge in [0.1, 0.15) is 0 Å². The molecule has 1 N–H and O–H groups in total. The highest BCUT2D eigenvalue weighted by molar-refractivity contribution is 6.31. The van der Waals surface area contributed by atoms with Crippen LogP contribution in [0.4, 0.5) is 0 Å². The summed E-state index contributed by atoms with van der Waals surface area (Å²) in [5.41, 5.74) is 1.24. The molecule has 0 saturated carbocycles. The van der Waals surface area contributed by atoms with E-state index in [1.165, 1.54) is 5.56 Å². The molecule has 0 radical (unpaired) electrons. The van der Waals surface area contributed by atoms with Gasteiger partial charge in [0.2, 0.25) is 0 Å². The lowest BCUT2D eigenvalue weighted by Crippen LogP contribution is -2.24. The standard InChI is InChI=1S/C13H18ClNO/c1-15-8-12(10-6-7-16-9-10)11-4-2-3-5-13(11)14/h2-5,10,12,15H,6-9H2,1H3. The number of benzene rings is 1. The van der Waals surface area contributed by atoms with E-state index in [2.05, 4.69) is 17.4 Å². The Labute approximate surface area is 102 Å². The number of ether oxygens (including phenoxy) is 1. The average Bonchev–Trinajstić information content (AvgIpc) is 2.80. The Balaban J connectivity index is 2.21. The molecule has 1 saturated heterocycles. The smallest absolute Gasteiger partial charge is 0.0501 e. The predicted octanol–water partition coefficient (Wildman–Crippen LogP) is 2.68. The molecule has 2 rings (SSSR count). The van der Waals surface area contributed by atoms with Crippen LogP contribution in [0.15, 0.2) is 24.3 Å². The van der Waals surface area contributed by atoms with Gasteiger partial charge in [0.05, 0.1) is 6.61 Å². The molecule has 88 valence electrons. The number of halogens is 1. The van der Waals surface area contributed by atoms with Gasteiger partial charge in [-0.05, 0) is 31.0 Å². The molecule has 3 heteroatoms. The van der Waals surface area contributed by atoms with Gasteiger partial charge in [-0.2, -0.15) is 0 Å². The third-order valence-corrected chi connectivity index (χ3v) is 3.61. The second-order valence-electron chi connectivity index (χ2n) is 4.31. The summed E-state index contributed by atoms with van der Waals surface area (Å²) in [6, 6.07) is 8.13. The first-order valence-corrected chi connectivity index (χ1v) is 6.17. The molecular formula is C13H18ClNO.